The van der Waals surface area contributed by atoms with Gasteiger partial charge in [-0.1, -0.05) is 182 Å². The Kier molecular flexibility index (Phi) is 13.8. The summed E-state index contributed by atoms with van der Waals surface area (Å²) in [5.74, 6) is 0. The number of hydrogen-bond donors (Lipinski definition) is 0. The van der Waals surface area contributed by atoms with Crippen LogP contribution in [0.2, 0.25) is 0 Å². The van der Waals surface area contributed by atoms with Gasteiger partial charge in [0.1, 0.15) is 0 Å². The van der Waals surface area contributed by atoms with Gasteiger partial charge in [0.2, 0.25) is 0 Å². The van der Waals surface area contributed by atoms with Gasteiger partial charge in [0.15, 0.2) is 0 Å². The molecule has 0 aliphatic heterocycles. The van der Waals surface area contributed by atoms with Crippen molar-refractivity contribution in [3.8, 4) is 0 Å². The first-order chi connectivity index (χ1) is 18.9. The van der Waals surface area contributed by atoms with Crippen molar-refractivity contribution in [2.75, 3.05) is 0 Å². The van der Waals surface area contributed by atoms with E-state index in [1.807, 2.05) is 0 Å². The predicted octanol–water partition coefficient (Wildman–Crippen LogP) is 7.51. The molecule has 0 nitrogen and oxygen atoms in total. The number of hydrogen-bond acceptors (Lipinski definition) is 0. The SMILES string of the molecule is I.[Ni].c1ccc(P(c2ccccc2)c2ccccc2)cc1.c1ccc(P(c2ccccc2)c2ccccc2)cc1. The molecule has 40 heavy (non-hydrogen) atoms. The first-order valence-electron chi connectivity index (χ1n) is 12.8. The molecule has 202 valence electrons. The minimum absolute atomic E-state index is 0. The summed E-state index contributed by atoms with van der Waals surface area (Å²) >= 11 is 0. The van der Waals surface area contributed by atoms with Gasteiger partial charge in [-0.25, -0.2) is 0 Å². The molecule has 0 bridgehead atoms. The number of benzene rings is 6. The minimum Gasteiger partial charge on any atom is -0.107 e. The second kappa shape index (κ2) is 17.3. The maximum Gasteiger partial charge on any atom is 0 e. The summed E-state index contributed by atoms with van der Waals surface area (Å²) in [5.41, 5.74) is 0. The zero-order valence-electron chi connectivity index (χ0n) is 21.9. The van der Waals surface area contributed by atoms with Gasteiger partial charge in [0.25, 0.3) is 0 Å². The molecule has 0 atom stereocenters. The third-order valence-corrected chi connectivity index (χ3v) is 11.0. The van der Waals surface area contributed by atoms with Crippen LogP contribution in [0.15, 0.2) is 182 Å². The Balaban J connectivity index is 0.000000210. The molecule has 0 saturated carbocycles. The molecule has 0 fully saturated rings. The molecule has 6 rings (SSSR count). The molecular formula is C36H31INiP2. The van der Waals surface area contributed by atoms with Gasteiger partial charge in [0.05, 0.1) is 0 Å². The van der Waals surface area contributed by atoms with Crippen LogP contribution in [-0.4, -0.2) is 0 Å². The molecule has 0 N–H and O–H groups in total. The van der Waals surface area contributed by atoms with E-state index in [9.17, 15) is 0 Å². The third kappa shape index (κ3) is 8.70. The van der Waals surface area contributed by atoms with Gasteiger partial charge < -0.3 is 0 Å². The molecular weight excluding hydrogens is 680 g/mol. The van der Waals surface area contributed by atoms with Crippen LogP contribution in [0.3, 0.4) is 0 Å². The first kappa shape index (κ1) is 31.9. The van der Waals surface area contributed by atoms with E-state index in [1.165, 1.54) is 31.8 Å². The van der Waals surface area contributed by atoms with Gasteiger partial charge >= 0.3 is 0 Å². The Hall–Kier alpha value is -2.60. The molecule has 0 heterocycles. The normalized spacial score (nSPS) is 10.1. The van der Waals surface area contributed by atoms with Crippen LogP contribution in [0, 0.1) is 0 Å². The van der Waals surface area contributed by atoms with Gasteiger partial charge in [-0.3, -0.25) is 0 Å². The van der Waals surface area contributed by atoms with Gasteiger partial charge in [-0.05, 0) is 47.7 Å². The van der Waals surface area contributed by atoms with E-state index in [4.69, 9.17) is 0 Å². The first-order valence-corrected chi connectivity index (χ1v) is 15.5. The van der Waals surface area contributed by atoms with Gasteiger partial charge in [-0.2, -0.15) is 0 Å². The Bertz CT molecular complexity index is 1180. The fraction of sp³-hybridized carbons (Fsp3) is 0. The largest absolute Gasteiger partial charge is 0.107 e. The van der Waals surface area contributed by atoms with E-state index < -0.39 is 15.8 Å². The smallest absolute Gasteiger partial charge is 0 e. The van der Waals surface area contributed by atoms with Crippen molar-refractivity contribution in [3.05, 3.63) is 182 Å². The average molecular weight is 711 g/mol. The molecule has 6 aromatic carbocycles. The van der Waals surface area contributed by atoms with E-state index in [0.717, 1.165) is 0 Å². The van der Waals surface area contributed by atoms with E-state index >= 15 is 0 Å². The second-order valence-electron chi connectivity index (χ2n) is 8.68. The monoisotopic (exact) mass is 710 g/mol. The molecule has 0 spiro atoms. The molecule has 0 aliphatic rings. The molecule has 0 saturated heterocycles. The van der Waals surface area contributed by atoms with Crippen molar-refractivity contribution in [2.45, 2.75) is 0 Å². The van der Waals surface area contributed by atoms with Crippen molar-refractivity contribution in [1.29, 1.82) is 0 Å². The van der Waals surface area contributed by atoms with Crippen molar-refractivity contribution < 1.29 is 16.5 Å². The van der Waals surface area contributed by atoms with Crippen LogP contribution in [0.4, 0.5) is 0 Å². The van der Waals surface area contributed by atoms with Crippen molar-refractivity contribution in [2.24, 2.45) is 0 Å². The van der Waals surface area contributed by atoms with Crippen molar-refractivity contribution >= 4 is 71.6 Å². The maximum atomic E-state index is 2.23. The van der Waals surface area contributed by atoms with Gasteiger partial charge in [0, 0.05) is 16.5 Å². The molecule has 0 amide bonds. The Morgan fingerprint density at radius 2 is 0.350 bits per heavy atom. The fourth-order valence-electron chi connectivity index (χ4n) is 4.36. The third-order valence-electron chi connectivity index (χ3n) is 6.09. The van der Waals surface area contributed by atoms with Crippen LogP contribution in [0.5, 0.6) is 0 Å². The summed E-state index contributed by atoms with van der Waals surface area (Å²) in [5, 5.41) is 8.39. The minimum atomic E-state index is -0.446. The molecule has 0 aliphatic carbocycles. The molecule has 4 heteroatoms. The van der Waals surface area contributed by atoms with Crippen molar-refractivity contribution in [3.63, 3.8) is 0 Å². The van der Waals surface area contributed by atoms with Crippen LogP contribution in [-0.2, 0) is 16.5 Å². The molecule has 6 aromatic rings. The summed E-state index contributed by atoms with van der Waals surface area (Å²) in [6.45, 7) is 0. The topological polar surface area (TPSA) is 0 Å². The Morgan fingerprint density at radius 3 is 0.475 bits per heavy atom. The summed E-state index contributed by atoms with van der Waals surface area (Å²) in [4.78, 5) is 0. The summed E-state index contributed by atoms with van der Waals surface area (Å²) in [6, 6.07) is 64.7. The molecule has 0 aromatic heterocycles. The maximum absolute atomic E-state index is 2.23. The zero-order valence-corrected chi connectivity index (χ0v) is 27.0. The van der Waals surface area contributed by atoms with E-state index in [-0.39, 0.29) is 40.5 Å². The van der Waals surface area contributed by atoms with Gasteiger partial charge in [-0.15, -0.1) is 24.0 Å². The van der Waals surface area contributed by atoms with E-state index in [2.05, 4.69) is 182 Å². The van der Waals surface area contributed by atoms with Crippen LogP contribution in [0.1, 0.15) is 0 Å². The second-order valence-corrected chi connectivity index (χ2v) is 13.1. The van der Waals surface area contributed by atoms with E-state index in [0.29, 0.717) is 0 Å². The quantitative estimate of drug-likeness (QED) is 0.0955. The predicted molar refractivity (Wildman–Crippen MR) is 186 cm³/mol. The average Bonchev–Trinajstić information content (AvgIpc) is 3.01. The van der Waals surface area contributed by atoms with Crippen LogP contribution >= 0.6 is 39.8 Å². The van der Waals surface area contributed by atoms with E-state index in [1.54, 1.807) is 0 Å². The van der Waals surface area contributed by atoms with Crippen LogP contribution < -0.4 is 31.8 Å². The Labute approximate surface area is 268 Å². The molecule has 0 unspecified atom stereocenters. The fourth-order valence-corrected chi connectivity index (χ4v) is 8.97. The number of rotatable bonds is 6. The van der Waals surface area contributed by atoms with Crippen LogP contribution in [0.25, 0.3) is 0 Å². The molecule has 0 radical (unpaired) electrons. The standard InChI is InChI=1S/2C18H15P.HI.Ni/c2*1-4-10-16(11-5-1)19(17-12-6-2-7-13-17)18-14-8-3-9-15-18;;/h2*1-15H;1H;. The Morgan fingerprint density at radius 1 is 0.225 bits per heavy atom. The number of halogens is 1. The zero-order chi connectivity index (χ0) is 25.8. The summed E-state index contributed by atoms with van der Waals surface area (Å²) in [7, 11) is -0.892. The summed E-state index contributed by atoms with van der Waals surface area (Å²) < 4.78 is 0. The summed E-state index contributed by atoms with van der Waals surface area (Å²) in [6.07, 6.45) is 0. The van der Waals surface area contributed by atoms with Crippen molar-refractivity contribution in [1.82, 2.24) is 0 Å².